The quantitative estimate of drug-likeness (QED) is 0.815. The topological polar surface area (TPSA) is 80.0 Å². The van der Waals surface area contributed by atoms with E-state index in [-0.39, 0.29) is 18.0 Å². The van der Waals surface area contributed by atoms with Crippen molar-refractivity contribution in [1.29, 1.82) is 0 Å². The van der Waals surface area contributed by atoms with Gasteiger partial charge < -0.3 is 9.73 Å². The Morgan fingerprint density at radius 3 is 2.82 bits per heavy atom. The zero-order chi connectivity index (χ0) is 12.5. The number of anilines is 1. The Morgan fingerprint density at radius 2 is 2.24 bits per heavy atom. The third-order valence-electron chi connectivity index (χ3n) is 2.70. The van der Waals surface area contributed by atoms with E-state index >= 15 is 0 Å². The lowest BCUT2D eigenvalue weighted by Gasteiger charge is -2.15. The monoisotopic (exact) mass is 238 g/mol. The fourth-order valence-corrected chi connectivity index (χ4v) is 1.61. The van der Waals surface area contributed by atoms with E-state index in [1.807, 2.05) is 20.8 Å². The highest BCUT2D eigenvalue weighted by Crippen LogP contribution is 2.23. The van der Waals surface area contributed by atoms with E-state index in [4.69, 9.17) is 4.42 Å². The van der Waals surface area contributed by atoms with Gasteiger partial charge in [-0.1, -0.05) is 25.9 Å². The minimum Gasteiger partial charge on any atom is -0.406 e. The van der Waals surface area contributed by atoms with Crippen molar-refractivity contribution in [3.8, 4) is 0 Å². The molecule has 1 saturated heterocycles. The van der Waals surface area contributed by atoms with Gasteiger partial charge in [-0.15, -0.1) is 5.10 Å². The average Bonchev–Trinajstić information content (AvgIpc) is 2.83. The van der Waals surface area contributed by atoms with Gasteiger partial charge >= 0.3 is 6.01 Å². The van der Waals surface area contributed by atoms with Crippen LogP contribution < -0.4 is 10.6 Å². The molecule has 0 saturated carbocycles. The molecule has 6 heteroatoms. The van der Waals surface area contributed by atoms with Crippen molar-refractivity contribution < 1.29 is 9.21 Å². The second-order valence-electron chi connectivity index (χ2n) is 5.30. The molecule has 1 aliphatic rings. The van der Waals surface area contributed by atoms with Crippen LogP contribution in [0.15, 0.2) is 4.42 Å². The summed E-state index contributed by atoms with van der Waals surface area (Å²) < 4.78 is 5.42. The summed E-state index contributed by atoms with van der Waals surface area (Å²) in [5.41, 5.74) is -0.472. The van der Waals surface area contributed by atoms with Gasteiger partial charge in [0.05, 0.1) is 6.04 Å². The molecule has 1 atom stereocenters. The van der Waals surface area contributed by atoms with Gasteiger partial charge in [0.25, 0.3) is 0 Å². The first kappa shape index (κ1) is 12.0. The molecule has 1 aromatic rings. The van der Waals surface area contributed by atoms with Crippen molar-refractivity contribution in [2.75, 3.05) is 11.9 Å². The Kier molecular flexibility index (Phi) is 3.15. The van der Waals surface area contributed by atoms with Crippen LogP contribution in [-0.2, 0) is 4.79 Å². The van der Waals surface area contributed by atoms with E-state index in [0.717, 1.165) is 19.4 Å². The van der Waals surface area contributed by atoms with Crippen molar-refractivity contribution in [2.45, 2.75) is 39.7 Å². The summed E-state index contributed by atoms with van der Waals surface area (Å²) >= 11 is 0. The van der Waals surface area contributed by atoms with Gasteiger partial charge in [-0.3, -0.25) is 10.1 Å². The lowest BCUT2D eigenvalue weighted by Crippen LogP contribution is -2.27. The molecule has 0 radical (unpaired) electrons. The zero-order valence-electron chi connectivity index (χ0n) is 10.4. The Bertz CT molecular complexity index is 402. The highest BCUT2D eigenvalue weighted by molar-refractivity contribution is 5.92. The van der Waals surface area contributed by atoms with Crippen molar-refractivity contribution in [2.24, 2.45) is 5.41 Å². The fraction of sp³-hybridized carbons (Fsp3) is 0.727. The first-order chi connectivity index (χ1) is 7.97. The van der Waals surface area contributed by atoms with Crippen LogP contribution in [0.1, 0.15) is 45.5 Å². The Balaban J connectivity index is 2.01. The smallest absolute Gasteiger partial charge is 0.322 e. The molecule has 1 fully saturated rings. The number of rotatable bonds is 2. The summed E-state index contributed by atoms with van der Waals surface area (Å²) in [7, 11) is 0. The van der Waals surface area contributed by atoms with Crippen molar-refractivity contribution in [1.82, 2.24) is 15.5 Å². The average molecular weight is 238 g/mol. The maximum atomic E-state index is 11.7. The summed E-state index contributed by atoms with van der Waals surface area (Å²) in [4.78, 5) is 11.7. The van der Waals surface area contributed by atoms with E-state index in [0.29, 0.717) is 5.89 Å². The molecule has 17 heavy (non-hydrogen) atoms. The molecule has 0 spiro atoms. The third-order valence-corrected chi connectivity index (χ3v) is 2.70. The number of hydrogen-bond donors (Lipinski definition) is 2. The van der Waals surface area contributed by atoms with Gasteiger partial charge in [-0.25, -0.2) is 0 Å². The third kappa shape index (κ3) is 2.82. The molecular weight excluding hydrogens is 220 g/mol. The summed E-state index contributed by atoms with van der Waals surface area (Å²) in [6.45, 7) is 6.46. The molecule has 0 aromatic carbocycles. The molecule has 0 bridgehead atoms. The minimum atomic E-state index is -0.472. The Labute approximate surface area is 100 Å². The predicted octanol–water partition coefficient (Wildman–Crippen LogP) is 1.48. The highest BCUT2D eigenvalue weighted by atomic mass is 16.4. The molecule has 0 aliphatic carbocycles. The first-order valence-electron chi connectivity index (χ1n) is 5.85. The molecule has 1 unspecified atom stereocenters. The van der Waals surface area contributed by atoms with Crippen LogP contribution in [-0.4, -0.2) is 22.6 Å². The Morgan fingerprint density at radius 1 is 1.47 bits per heavy atom. The van der Waals surface area contributed by atoms with Crippen LogP contribution in [0.25, 0.3) is 0 Å². The van der Waals surface area contributed by atoms with Crippen molar-refractivity contribution in [3.05, 3.63) is 5.89 Å². The fourth-order valence-electron chi connectivity index (χ4n) is 1.61. The number of amides is 1. The van der Waals surface area contributed by atoms with Crippen LogP contribution in [0.5, 0.6) is 0 Å². The number of hydrogen-bond acceptors (Lipinski definition) is 5. The summed E-state index contributed by atoms with van der Waals surface area (Å²) in [5, 5.41) is 13.6. The number of nitrogens with zero attached hydrogens (tertiary/aromatic N) is 2. The molecule has 1 amide bonds. The molecule has 2 heterocycles. The molecule has 6 nitrogen and oxygen atoms in total. The normalized spacial score (nSPS) is 20.5. The van der Waals surface area contributed by atoms with Crippen LogP contribution in [0.2, 0.25) is 0 Å². The molecule has 94 valence electrons. The van der Waals surface area contributed by atoms with Gasteiger partial charge in [0, 0.05) is 5.41 Å². The van der Waals surface area contributed by atoms with Crippen molar-refractivity contribution >= 4 is 11.9 Å². The van der Waals surface area contributed by atoms with Gasteiger partial charge in [0.2, 0.25) is 11.8 Å². The predicted molar refractivity (Wildman–Crippen MR) is 62.4 cm³/mol. The van der Waals surface area contributed by atoms with Crippen LogP contribution in [0.3, 0.4) is 0 Å². The number of aromatic nitrogens is 2. The van der Waals surface area contributed by atoms with Crippen LogP contribution in [0, 0.1) is 5.41 Å². The molecule has 2 rings (SSSR count). The van der Waals surface area contributed by atoms with E-state index in [2.05, 4.69) is 20.8 Å². The molecule has 2 N–H and O–H groups in total. The highest BCUT2D eigenvalue weighted by Gasteiger charge is 2.25. The van der Waals surface area contributed by atoms with Crippen LogP contribution in [0.4, 0.5) is 6.01 Å². The second-order valence-corrected chi connectivity index (χ2v) is 5.30. The van der Waals surface area contributed by atoms with E-state index in [1.165, 1.54) is 0 Å². The lowest BCUT2D eigenvalue weighted by atomic mass is 9.96. The number of carbonyl (C=O) groups is 1. The summed E-state index contributed by atoms with van der Waals surface area (Å²) in [6, 6.07) is 0.302. The van der Waals surface area contributed by atoms with Crippen LogP contribution >= 0.6 is 0 Å². The van der Waals surface area contributed by atoms with Gasteiger partial charge in [0.15, 0.2) is 0 Å². The number of carbonyl (C=O) groups excluding carboxylic acids is 1. The maximum Gasteiger partial charge on any atom is 0.322 e. The minimum absolute atomic E-state index is 0.128. The van der Waals surface area contributed by atoms with E-state index in [9.17, 15) is 4.79 Å². The largest absolute Gasteiger partial charge is 0.406 e. The lowest BCUT2D eigenvalue weighted by molar-refractivity contribution is -0.123. The second kappa shape index (κ2) is 4.44. The van der Waals surface area contributed by atoms with Gasteiger partial charge in [-0.05, 0) is 19.4 Å². The zero-order valence-corrected chi connectivity index (χ0v) is 10.4. The maximum absolute atomic E-state index is 11.7. The number of nitrogens with one attached hydrogen (secondary N) is 2. The summed E-state index contributed by atoms with van der Waals surface area (Å²) in [6.07, 6.45) is 2.10. The van der Waals surface area contributed by atoms with Crippen molar-refractivity contribution in [3.63, 3.8) is 0 Å². The summed E-state index contributed by atoms with van der Waals surface area (Å²) in [5.74, 6) is 0.416. The standard InChI is InChI=1S/C11H18N4O2/c1-11(2,3)9(16)13-10-15-14-8(17-10)7-5-4-6-12-7/h7,12H,4-6H2,1-3H3,(H,13,15,16). The molecular formula is C11H18N4O2. The molecule has 1 aromatic heterocycles. The van der Waals surface area contributed by atoms with E-state index in [1.54, 1.807) is 0 Å². The Hall–Kier alpha value is -1.43. The first-order valence-corrected chi connectivity index (χ1v) is 5.85. The van der Waals surface area contributed by atoms with Gasteiger partial charge in [0.1, 0.15) is 0 Å². The van der Waals surface area contributed by atoms with E-state index < -0.39 is 5.41 Å². The molecule has 1 aliphatic heterocycles. The SMILES string of the molecule is CC(C)(C)C(=O)Nc1nnc(C2CCCN2)o1. The van der Waals surface area contributed by atoms with Gasteiger partial charge in [-0.2, -0.15) is 0 Å².